The second-order valence-corrected chi connectivity index (χ2v) is 8.09. The smallest absolute Gasteiger partial charge is 0.341 e. The molecule has 0 radical (unpaired) electrons. The van der Waals surface area contributed by atoms with Crippen molar-refractivity contribution < 1.29 is 23.7 Å². The van der Waals surface area contributed by atoms with Crippen molar-refractivity contribution in [3.8, 4) is 11.3 Å². The third-order valence-electron chi connectivity index (χ3n) is 4.33. The minimum Gasteiger partial charge on any atom is -0.459 e. The van der Waals surface area contributed by atoms with E-state index in [2.05, 4.69) is 5.32 Å². The van der Waals surface area contributed by atoms with E-state index in [9.17, 15) is 19.7 Å². The van der Waals surface area contributed by atoms with Crippen molar-refractivity contribution in [1.29, 1.82) is 0 Å². The summed E-state index contributed by atoms with van der Waals surface area (Å²) in [6.45, 7) is 7.16. The van der Waals surface area contributed by atoms with Gasteiger partial charge in [0.2, 0.25) is 0 Å². The van der Waals surface area contributed by atoms with Crippen molar-refractivity contribution in [2.24, 2.45) is 0 Å². The third-order valence-corrected chi connectivity index (χ3v) is 5.45. The van der Waals surface area contributed by atoms with E-state index in [1.54, 1.807) is 39.0 Å². The average Bonchev–Trinajstić information content (AvgIpc) is 3.27. The summed E-state index contributed by atoms with van der Waals surface area (Å²) < 4.78 is 10.9. The van der Waals surface area contributed by atoms with Crippen LogP contribution in [0.15, 0.2) is 40.8 Å². The highest BCUT2D eigenvalue weighted by Crippen LogP contribution is 2.34. The molecule has 0 aliphatic rings. The first-order chi connectivity index (χ1) is 14.2. The quantitative estimate of drug-likeness (QED) is 0.322. The standard InChI is InChI=1S/C21H20N2O6S/c1-11(2)28-21(25)18-12(3)13(4)30-20(18)22-19(24)17-9-8-16(29-17)14-6-5-7-15(10-14)23(26)27/h5-11H,1-4H3,(H,22,24). The summed E-state index contributed by atoms with van der Waals surface area (Å²) in [5, 5.41) is 14.1. The number of carbonyl (C=O) groups is 2. The predicted molar refractivity (Wildman–Crippen MR) is 113 cm³/mol. The van der Waals surface area contributed by atoms with Crippen LogP contribution in [0.1, 0.15) is 45.2 Å². The van der Waals surface area contributed by atoms with E-state index in [-0.39, 0.29) is 17.6 Å². The molecule has 1 N–H and O–H groups in total. The number of anilines is 1. The van der Waals surface area contributed by atoms with Crippen LogP contribution in [0.5, 0.6) is 0 Å². The van der Waals surface area contributed by atoms with Gasteiger partial charge < -0.3 is 14.5 Å². The highest BCUT2D eigenvalue weighted by molar-refractivity contribution is 7.16. The molecule has 0 aliphatic heterocycles. The highest BCUT2D eigenvalue weighted by atomic mass is 32.1. The molecule has 0 saturated heterocycles. The number of benzene rings is 1. The summed E-state index contributed by atoms with van der Waals surface area (Å²) in [6.07, 6.45) is -0.289. The van der Waals surface area contributed by atoms with E-state index in [0.29, 0.717) is 21.9 Å². The molecular formula is C21H20N2O6S. The summed E-state index contributed by atoms with van der Waals surface area (Å²) in [6, 6.07) is 8.97. The minimum absolute atomic E-state index is 0.0170. The largest absolute Gasteiger partial charge is 0.459 e. The topological polar surface area (TPSA) is 112 Å². The number of aryl methyl sites for hydroxylation is 1. The van der Waals surface area contributed by atoms with Crippen molar-refractivity contribution >= 4 is 33.9 Å². The molecular weight excluding hydrogens is 408 g/mol. The van der Waals surface area contributed by atoms with Gasteiger partial charge in [-0.05, 0) is 45.4 Å². The fraction of sp³-hybridized carbons (Fsp3) is 0.238. The number of thiophene rings is 1. The molecule has 1 aromatic carbocycles. The molecule has 156 valence electrons. The van der Waals surface area contributed by atoms with Crippen LogP contribution in [0.3, 0.4) is 0 Å². The SMILES string of the molecule is Cc1sc(NC(=O)c2ccc(-c3cccc([N+](=O)[O-])c3)o2)c(C(=O)OC(C)C)c1C. The van der Waals surface area contributed by atoms with E-state index in [1.165, 1.54) is 29.5 Å². The number of nitrogens with one attached hydrogen (secondary N) is 1. The monoisotopic (exact) mass is 428 g/mol. The molecule has 0 atom stereocenters. The van der Waals surface area contributed by atoms with Gasteiger partial charge in [0.15, 0.2) is 5.76 Å². The molecule has 0 spiro atoms. The van der Waals surface area contributed by atoms with Crippen molar-refractivity contribution in [3.63, 3.8) is 0 Å². The normalized spacial score (nSPS) is 10.8. The number of furan rings is 1. The first-order valence-corrected chi connectivity index (χ1v) is 9.96. The first-order valence-electron chi connectivity index (χ1n) is 9.14. The van der Waals surface area contributed by atoms with E-state index in [1.807, 2.05) is 6.92 Å². The Bertz CT molecular complexity index is 1130. The van der Waals surface area contributed by atoms with Gasteiger partial charge in [-0.25, -0.2) is 4.79 Å². The van der Waals surface area contributed by atoms with Crippen LogP contribution in [0.25, 0.3) is 11.3 Å². The number of hydrogen-bond acceptors (Lipinski definition) is 7. The van der Waals surface area contributed by atoms with E-state index in [0.717, 1.165) is 10.4 Å². The Labute approximate surface area is 176 Å². The van der Waals surface area contributed by atoms with Crippen LogP contribution in [-0.2, 0) is 4.74 Å². The van der Waals surface area contributed by atoms with Gasteiger partial charge >= 0.3 is 5.97 Å². The van der Waals surface area contributed by atoms with Crippen molar-refractivity contribution in [3.05, 3.63) is 68.3 Å². The number of esters is 1. The number of non-ortho nitro benzene ring substituents is 1. The third kappa shape index (κ3) is 4.41. The maximum absolute atomic E-state index is 12.7. The van der Waals surface area contributed by atoms with E-state index < -0.39 is 16.8 Å². The molecule has 1 amide bonds. The fourth-order valence-electron chi connectivity index (χ4n) is 2.79. The molecule has 0 aliphatic carbocycles. The van der Waals surface area contributed by atoms with Crippen molar-refractivity contribution in [2.75, 3.05) is 5.32 Å². The summed E-state index contributed by atoms with van der Waals surface area (Å²) >= 11 is 1.28. The second-order valence-electron chi connectivity index (χ2n) is 6.87. The number of nitro groups is 1. The first kappa shape index (κ1) is 21.3. The van der Waals surface area contributed by atoms with Gasteiger partial charge in [-0.2, -0.15) is 0 Å². The number of hydrogen-bond donors (Lipinski definition) is 1. The molecule has 3 rings (SSSR count). The van der Waals surface area contributed by atoms with Gasteiger partial charge in [-0.1, -0.05) is 12.1 Å². The van der Waals surface area contributed by atoms with Crippen LogP contribution in [-0.4, -0.2) is 22.9 Å². The van der Waals surface area contributed by atoms with Gasteiger partial charge in [-0.3, -0.25) is 14.9 Å². The summed E-state index contributed by atoms with van der Waals surface area (Å²) in [7, 11) is 0. The van der Waals surface area contributed by atoms with Gasteiger partial charge in [-0.15, -0.1) is 11.3 Å². The number of amides is 1. The Hall–Kier alpha value is -3.46. The molecule has 8 nitrogen and oxygen atoms in total. The van der Waals surface area contributed by atoms with Crippen LogP contribution in [0.4, 0.5) is 10.7 Å². The second kappa shape index (κ2) is 8.50. The Kier molecular flexibility index (Phi) is 6.02. The molecule has 0 saturated carbocycles. The number of rotatable bonds is 6. The van der Waals surface area contributed by atoms with Crippen molar-refractivity contribution in [1.82, 2.24) is 0 Å². The number of carbonyl (C=O) groups excluding carboxylic acids is 2. The Morgan fingerprint density at radius 3 is 2.60 bits per heavy atom. The zero-order chi connectivity index (χ0) is 22.0. The average molecular weight is 428 g/mol. The lowest BCUT2D eigenvalue weighted by molar-refractivity contribution is -0.384. The zero-order valence-corrected chi connectivity index (χ0v) is 17.7. The van der Waals surface area contributed by atoms with Gasteiger partial charge in [0.1, 0.15) is 10.8 Å². The van der Waals surface area contributed by atoms with E-state index >= 15 is 0 Å². The number of ether oxygens (including phenoxy) is 1. The molecule has 2 aromatic heterocycles. The van der Waals surface area contributed by atoms with E-state index in [4.69, 9.17) is 9.15 Å². The maximum atomic E-state index is 12.7. The van der Waals surface area contributed by atoms with Crippen LogP contribution >= 0.6 is 11.3 Å². The number of nitro benzene ring substituents is 1. The Morgan fingerprint density at radius 1 is 1.20 bits per heavy atom. The fourth-order valence-corrected chi connectivity index (χ4v) is 3.83. The molecule has 0 unspecified atom stereocenters. The maximum Gasteiger partial charge on any atom is 0.341 e. The summed E-state index contributed by atoms with van der Waals surface area (Å²) in [5.41, 5.74) is 1.47. The predicted octanol–water partition coefficient (Wildman–Crippen LogP) is 5.35. The minimum atomic E-state index is -0.536. The van der Waals surface area contributed by atoms with Gasteiger partial charge in [0, 0.05) is 22.6 Å². The molecule has 0 fully saturated rings. The molecule has 9 heteroatoms. The Balaban J connectivity index is 1.85. The number of nitrogens with zero attached hydrogens (tertiary/aromatic N) is 1. The van der Waals surface area contributed by atoms with Crippen LogP contribution in [0, 0.1) is 24.0 Å². The van der Waals surface area contributed by atoms with Gasteiger partial charge in [0.25, 0.3) is 11.6 Å². The lowest BCUT2D eigenvalue weighted by atomic mass is 10.1. The van der Waals surface area contributed by atoms with Crippen LogP contribution in [0.2, 0.25) is 0 Å². The highest BCUT2D eigenvalue weighted by Gasteiger charge is 2.24. The molecule has 2 heterocycles. The molecule has 30 heavy (non-hydrogen) atoms. The van der Waals surface area contributed by atoms with Crippen LogP contribution < -0.4 is 5.32 Å². The lowest BCUT2D eigenvalue weighted by Crippen LogP contribution is -2.16. The lowest BCUT2D eigenvalue weighted by Gasteiger charge is -2.10. The zero-order valence-electron chi connectivity index (χ0n) is 16.8. The molecule has 3 aromatic rings. The van der Waals surface area contributed by atoms with Crippen molar-refractivity contribution in [2.45, 2.75) is 33.8 Å². The Morgan fingerprint density at radius 2 is 1.93 bits per heavy atom. The molecule has 0 bridgehead atoms. The summed E-state index contributed by atoms with van der Waals surface area (Å²) in [4.78, 5) is 36.5. The van der Waals surface area contributed by atoms with Gasteiger partial charge in [0.05, 0.1) is 16.6 Å². The summed E-state index contributed by atoms with van der Waals surface area (Å²) in [5.74, 6) is -0.698.